The average molecular weight is 351 g/mol. The predicted molar refractivity (Wildman–Crippen MR) is 109 cm³/mol. The number of piperidine rings is 1. The van der Waals surface area contributed by atoms with Crippen LogP contribution in [0.5, 0.6) is 0 Å². The molecule has 2 aromatic carbocycles. The summed E-state index contributed by atoms with van der Waals surface area (Å²) in [6.07, 6.45) is 5.00. The van der Waals surface area contributed by atoms with Crippen molar-refractivity contribution < 1.29 is 0 Å². The van der Waals surface area contributed by atoms with Crippen LogP contribution in [-0.4, -0.2) is 30.5 Å². The first kappa shape index (κ1) is 18.5. The van der Waals surface area contributed by atoms with Gasteiger partial charge in [0.25, 0.3) is 0 Å². The summed E-state index contributed by atoms with van der Waals surface area (Å²) in [6.45, 7) is 4.95. The van der Waals surface area contributed by atoms with Gasteiger partial charge in [0.15, 0.2) is 5.96 Å². The maximum absolute atomic E-state index is 5.97. The summed E-state index contributed by atoms with van der Waals surface area (Å²) in [4.78, 5) is 6.99. The largest absolute Gasteiger partial charge is 0.370 e. The van der Waals surface area contributed by atoms with Crippen molar-refractivity contribution >= 4 is 5.96 Å². The minimum atomic E-state index is 0.512. The highest BCUT2D eigenvalue weighted by Crippen LogP contribution is 2.14. The van der Waals surface area contributed by atoms with Crippen LogP contribution in [0.4, 0.5) is 0 Å². The molecule has 1 heterocycles. The Balaban J connectivity index is 1.40. The number of aliphatic imine (C=N–C) groups is 1. The van der Waals surface area contributed by atoms with E-state index in [9.17, 15) is 0 Å². The topological polar surface area (TPSA) is 53.6 Å². The molecule has 0 bridgehead atoms. The highest BCUT2D eigenvalue weighted by molar-refractivity contribution is 5.77. The molecule has 0 aliphatic carbocycles. The van der Waals surface area contributed by atoms with Crippen LogP contribution in [0.15, 0.2) is 59.6 Å². The second kappa shape index (κ2) is 9.97. The lowest BCUT2D eigenvalue weighted by atomic mass is 10.1. The van der Waals surface area contributed by atoms with Gasteiger partial charge >= 0.3 is 0 Å². The number of rotatable bonds is 7. The van der Waals surface area contributed by atoms with E-state index in [1.165, 1.54) is 49.0 Å². The number of nitrogens with two attached hydrogens (primary N) is 1. The molecule has 0 atom stereocenters. The quantitative estimate of drug-likeness (QED) is 0.595. The highest BCUT2D eigenvalue weighted by Gasteiger charge is 2.10. The van der Waals surface area contributed by atoms with Gasteiger partial charge in [-0.3, -0.25) is 4.90 Å². The van der Waals surface area contributed by atoms with Gasteiger partial charge < -0.3 is 11.1 Å². The fraction of sp³-hybridized carbons (Fsp3) is 0.409. The molecule has 1 aliphatic rings. The molecular formula is C22H30N4. The Hall–Kier alpha value is -2.33. The Morgan fingerprint density at radius 1 is 0.885 bits per heavy atom. The molecule has 4 heteroatoms. The second-order valence-electron chi connectivity index (χ2n) is 7.02. The molecule has 3 N–H and O–H groups in total. The van der Waals surface area contributed by atoms with E-state index in [1.807, 2.05) is 6.07 Å². The lowest BCUT2D eigenvalue weighted by molar-refractivity contribution is 0.221. The van der Waals surface area contributed by atoms with Crippen LogP contribution < -0.4 is 11.1 Å². The van der Waals surface area contributed by atoms with E-state index in [0.29, 0.717) is 12.5 Å². The highest BCUT2D eigenvalue weighted by atomic mass is 15.1. The van der Waals surface area contributed by atoms with E-state index >= 15 is 0 Å². The zero-order valence-corrected chi connectivity index (χ0v) is 15.5. The van der Waals surface area contributed by atoms with Crippen molar-refractivity contribution in [3.8, 4) is 0 Å². The Labute approximate surface area is 157 Å². The number of benzene rings is 2. The van der Waals surface area contributed by atoms with Gasteiger partial charge in [0.05, 0.1) is 6.54 Å². The van der Waals surface area contributed by atoms with Gasteiger partial charge in [-0.15, -0.1) is 0 Å². The van der Waals surface area contributed by atoms with Crippen molar-refractivity contribution in [3.63, 3.8) is 0 Å². The van der Waals surface area contributed by atoms with Crippen LogP contribution in [0.2, 0.25) is 0 Å². The maximum atomic E-state index is 5.97. The molecule has 0 unspecified atom stereocenters. The minimum absolute atomic E-state index is 0.512. The van der Waals surface area contributed by atoms with Gasteiger partial charge in [-0.1, -0.05) is 61.0 Å². The zero-order valence-electron chi connectivity index (χ0n) is 15.5. The summed E-state index contributed by atoms with van der Waals surface area (Å²) < 4.78 is 0. The fourth-order valence-corrected chi connectivity index (χ4v) is 3.34. The number of guanidine groups is 1. The maximum Gasteiger partial charge on any atom is 0.188 e. The third-order valence-corrected chi connectivity index (χ3v) is 4.87. The normalized spacial score (nSPS) is 15.8. The number of hydrogen-bond donors (Lipinski definition) is 2. The van der Waals surface area contributed by atoms with E-state index in [-0.39, 0.29) is 0 Å². The Morgan fingerprint density at radius 3 is 2.31 bits per heavy atom. The van der Waals surface area contributed by atoms with Crippen molar-refractivity contribution in [1.29, 1.82) is 0 Å². The predicted octanol–water partition coefficient (Wildman–Crippen LogP) is 3.32. The van der Waals surface area contributed by atoms with E-state index in [1.54, 1.807) is 0 Å². The van der Waals surface area contributed by atoms with Crippen LogP contribution in [0, 0.1) is 0 Å². The molecule has 138 valence electrons. The summed E-state index contributed by atoms with van der Waals surface area (Å²) in [7, 11) is 0. The third kappa shape index (κ3) is 6.19. The molecule has 26 heavy (non-hydrogen) atoms. The first-order valence-electron chi connectivity index (χ1n) is 9.67. The zero-order chi connectivity index (χ0) is 18.0. The van der Waals surface area contributed by atoms with Gasteiger partial charge in [-0.25, -0.2) is 4.99 Å². The molecule has 0 saturated carbocycles. The third-order valence-electron chi connectivity index (χ3n) is 4.87. The molecule has 0 radical (unpaired) electrons. The van der Waals surface area contributed by atoms with Crippen LogP contribution >= 0.6 is 0 Å². The standard InChI is InChI=1S/C22H30N4/c23-22(24-14-13-19-7-3-1-4-8-19)25-17-20-9-11-21(12-10-20)18-26-15-5-2-6-16-26/h1,3-4,7-12H,2,5-6,13-18H2,(H3,23,24,25). The van der Waals surface area contributed by atoms with E-state index in [0.717, 1.165) is 19.5 Å². The van der Waals surface area contributed by atoms with E-state index in [2.05, 4.69) is 63.7 Å². The molecular weight excluding hydrogens is 320 g/mol. The summed E-state index contributed by atoms with van der Waals surface area (Å²) >= 11 is 0. The molecule has 2 aromatic rings. The van der Waals surface area contributed by atoms with Crippen molar-refractivity contribution in [2.24, 2.45) is 10.7 Å². The Kier molecular flexibility index (Phi) is 7.08. The first-order chi connectivity index (χ1) is 12.8. The SMILES string of the molecule is NC(=NCc1ccc(CN2CCCCC2)cc1)NCCc1ccccc1. The Bertz CT molecular complexity index is 673. The van der Waals surface area contributed by atoms with Gasteiger partial charge in [0.2, 0.25) is 0 Å². The molecule has 0 amide bonds. The lowest BCUT2D eigenvalue weighted by Gasteiger charge is -2.26. The van der Waals surface area contributed by atoms with Crippen LogP contribution in [0.3, 0.4) is 0 Å². The van der Waals surface area contributed by atoms with Crippen molar-refractivity contribution in [2.75, 3.05) is 19.6 Å². The smallest absolute Gasteiger partial charge is 0.188 e. The van der Waals surface area contributed by atoms with Crippen LogP contribution in [-0.2, 0) is 19.5 Å². The number of hydrogen-bond acceptors (Lipinski definition) is 2. The van der Waals surface area contributed by atoms with Gasteiger partial charge in [0, 0.05) is 13.1 Å². The van der Waals surface area contributed by atoms with Gasteiger partial charge in [-0.2, -0.15) is 0 Å². The van der Waals surface area contributed by atoms with Crippen LogP contribution in [0.1, 0.15) is 36.0 Å². The molecule has 0 spiro atoms. The van der Waals surface area contributed by atoms with Crippen molar-refractivity contribution in [2.45, 2.75) is 38.8 Å². The summed E-state index contributed by atoms with van der Waals surface area (Å²) in [5.74, 6) is 0.512. The molecule has 1 fully saturated rings. The molecule has 1 aliphatic heterocycles. The van der Waals surface area contributed by atoms with Gasteiger partial charge in [0.1, 0.15) is 0 Å². The number of likely N-dealkylation sites (tertiary alicyclic amines) is 1. The Morgan fingerprint density at radius 2 is 1.58 bits per heavy atom. The molecule has 3 rings (SSSR count). The molecule has 1 saturated heterocycles. The van der Waals surface area contributed by atoms with Gasteiger partial charge in [-0.05, 0) is 49.0 Å². The van der Waals surface area contributed by atoms with Crippen LogP contribution in [0.25, 0.3) is 0 Å². The minimum Gasteiger partial charge on any atom is -0.370 e. The second-order valence-corrected chi connectivity index (χ2v) is 7.02. The summed E-state index contributed by atoms with van der Waals surface area (Å²) in [5.41, 5.74) is 9.85. The molecule has 4 nitrogen and oxygen atoms in total. The fourth-order valence-electron chi connectivity index (χ4n) is 3.34. The summed E-state index contributed by atoms with van der Waals surface area (Å²) in [6, 6.07) is 19.2. The monoisotopic (exact) mass is 350 g/mol. The molecule has 0 aromatic heterocycles. The lowest BCUT2D eigenvalue weighted by Crippen LogP contribution is -2.33. The van der Waals surface area contributed by atoms with E-state index < -0.39 is 0 Å². The van der Waals surface area contributed by atoms with E-state index in [4.69, 9.17) is 5.73 Å². The average Bonchev–Trinajstić information content (AvgIpc) is 2.69. The van der Waals surface area contributed by atoms with Crippen molar-refractivity contribution in [1.82, 2.24) is 10.2 Å². The first-order valence-corrected chi connectivity index (χ1v) is 9.67. The number of nitrogens with zero attached hydrogens (tertiary/aromatic N) is 2. The summed E-state index contributed by atoms with van der Waals surface area (Å²) in [5, 5.41) is 3.19. The number of nitrogens with one attached hydrogen (secondary N) is 1. The van der Waals surface area contributed by atoms with Crippen molar-refractivity contribution in [3.05, 3.63) is 71.3 Å².